The third kappa shape index (κ3) is 3.10. The van der Waals surface area contributed by atoms with E-state index in [0.29, 0.717) is 6.61 Å². The summed E-state index contributed by atoms with van der Waals surface area (Å²) in [5.41, 5.74) is 2.71. The zero-order chi connectivity index (χ0) is 15.6. The van der Waals surface area contributed by atoms with Gasteiger partial charge in [0, 0.05) is 12.6 Å². The minimum absolute atomic E-state index is 0.0426. The third-order valence-electron chi connectivity index (χ3n) is 3.56. The topological polar surface area (TPSA) is 36.2 Å². The molecule has 114 valence electrons. The summed E-state index contributed by atoms with van der Waals surface area (Å²) in [5, 5.41) is 0. The normalized spacial score (nSPS) is 11.6. The first-order valence-electron chi connectivity index (χ1n) is 7.41. The van der Waals surface area contributed by atoms with E-state index in [4.69, 9.17) is 4.74 Å². The van der Waals surface area contributed by atoms with Crippen LogP contribution in [0.15, 0.2) is 35.1 Å². The number of aromatic nitrogens is 2. The molecule has 0 spiro atoms. The molecule has 0 atom stereocenters. The molecule has 21 heavy (non-hydrogen) atoms. The molecule has 0 N–H and O–H groups in total. The average Bonchev–Trinajstić information content (AvgIpc) is 2.68. The lowest BCUT2D eigenvalue weighted by molar-refractivity contribution is 0.0608. The first-order chi connectivity index (χ1) is 9.93. The fraction of sp³-hybridized carbons (Fsp3) is 0.471. The highest BCUT2D eigenvalue weighted by atomic mass is 16.5. The molecule has 4 heteroatoms. The number of hydrogen-bond acceptors (Lipinski definition) is 2. The SMILES string of the molecule is CC(C)OCc1c(C(C)C)c(=O)n(-c2ccccc2)n1C. The molecule has 0 saturated carbocycles. The van der Waals surface area contributed by atoms with Crippen molar-refractivity contribution in [2.45, 2.75) is 46.3 Å². The van der Waals surface area contributed by atoms with Crippen molar-refractivity contribution in [3.63, 3.8) is 0 Å². The van der Waals surface area contributed by atoms with Crippen LogP contribution < -0.4 is 5.56 Å². The van der Waals surface area contributed by atoms with Crippen molar-refractivity contribution in [1.29, 1.82) is 0 Å². The Morgan fingerprint density at radius 1 is 1.10 bits per heavy atom. The molecule has 0 aliphatic rings. The molecule has 1 heterocycles. The van der Waals surface area contributed by atoms with Gasteiger partial charge in [0.1, 0.15) is 0 Å². The smallest absolute Gasteiger partial charge is 0.275 e. The van der Waals surface area contributed by atoms with Gasteiger partial charge < -0.3 is 4.74 Å². The van der Waals surface area contributed by atoms with Crippen molar-refractivity contribution in [3.05, 3.63) is 51.9 Å². The van der Waals surface area contributed by atoms with Crippen LogP contribution in [-0.4, -0.2) is 15.5 Å². The second-order valence-electron chi connectivity index (χ2n) is 5.85. The van der Waals surface area contributed by atoms with Crippen molar-refractivity contribution >= 4 is 0 Å². The zero-order valence-electron chi connectivity index (χ0n) is 13.5. The number of rotatable bonds is 5. The molecular formula is C17H24N2O2. The largest absolute Gasteiger partial charge is 0.373 e. The summed E-state index contributed by atoms with van der Waals surface area (Å²) in [6, 6.07) is 9.71. The van der Waals surface area contributed by atoms with Crippen LogP contribution in [0.25, 0.3) is 5.69 Å². The maximum absolute atomic E-state index is 12.8. The highest BCUT2D eigenvalue weighted by Crippen LogP contribution is 2.19. The predicted octanol–water partition coefficient (Wildman–Crippen LogP) is 3.22. The second-order valence-corrected chi connectivity index (χ2v) is 5.85. The summed E-state index contributed by atoms with van der Waals surface area (Å²) in [4.78, 5) is 12.8. The highest BCUT2D eigenvalue weighted by Gasteiger charge is 2.21. The van der Waals surface area contributed by atoms with Crippen LogP contribution >= 0.6 is 0 Å². The maximum Gasteiger partial charge on any atom is 0.275 e. The van der Waals surface area contributed by atoms with Gasteiger partial charge in [-0.05, 0) is 31.9 Å². The fourth-order valence-corrected chi connectivity index (χ4v) is 2.53. The number of ether oxygens (including phenoxy) is 1. The van der Waals surface area contributed by atoms with Crippen LogP contribution in [0.1, 0.15) is 44.9 Å². The first kappa shape index (κ1) is 15.6. The summed E-state index contributed by atoms with van der Waals surface area (Å²) >= 11 is 0. The molecule has 0 saturated heterocycles. The number of para-hydroxylation sites is 1. The van der Waals surface area contributed by atoms with Crippen LogP contribution in [-0.2, 0) is 18.4 Å². The molecule has 1 aromatic carbocycles. The van der Waals surface area contributed by atoms with Crippen molar-refractivity contribution in [2.24, 2.45) is 7.05 Å². The Morgan fingerprint density at radius 2 is 1.71 bits per heavy atom. The van der Waals surface area contributed by atoms with Crippen molar-refractivity contribution in [2.75, 3.05) is 0 Å². The Morgan fingerprint density at radius 3 is 2.24 bits per heavy atom. The Kier molecular flexibility index (Phi) is 4.68. The minimum Gasteiger partial charge on any atom is -0.373 e. The van der Waals surface area contributed by atoms with Gasteiger partial charge in [-0.25, -0.2) is 4.68 Å². The molecule has 0 radical (unpaired) electrons. The Bertz CT molecular complexity index is 651. The fourth-order valence-electron chi connectivity index (χ4n) is 2.53. The van der Waals surface area contributed by atoms with E-state index in [9.17, 15) is 4.79 Å². The molecule has 0 bridgehead atoms. The summed E-state index contributed by atoms with van der Waals surface area (Å²) < 4.78 is 9.36. The molecule has 0 aliphatic carbocycles. The number of benzene rings is 1. The quantitative estimate of drug-likeness (QED) is 0.847. The molecule has 0 fully saturated rings. The third-order valence-corrected chi connectivity index (χ3v) is 3.56. The Hall–Kier alpha value is -1.81. The predicted molar refractivity (Wildman–Crippen MR) is 85.0 cm³/mol. The van der Waals surface area contributed by atoms with Gasteiger partial charge in [0.05, 0.1) is 24.1 Å². The van der Waals surface area contributed by atoms with Gasteiger partial charge in [0.15, 0.2) is 0 Å². The monoisotopic (exact) mass is 288 g/mol. The summed E-state index contributed by atoms with van der Waals surface area (Å²) in [6.45, 7) is 8.55. The van der Waals surface area contributed by atoms with E-state index >= 15 is 0 Å². The minimum atomic E-state index is 0.0426. The van der Waals surface area contributed by atoms with Crippen LogP contribution in [0.5, 0.6) is 0 Å². The second kappa shape index (κ2) is 6.31. The van der Waals surface area contributed by atoms with Crippen LogP contribution in [0.4, 0.5) is 0 Å². The highest BCUT2D eigenvalue weighted by molar-refractivity contribution is 5.34. The van der Waals surface area contributed by atoms with Crippen LogP contribution in [0.2, 0.25) is 0 Å². The van der Waals surface area contributed by atoms with E-state index in [2.05, 4.69) is 0 Å². The van der Waals surface area contributed by atoms with Crippen LogP contribution in [0.3, 0.4) is 0 Å². The standard InChI is InChI=1S/C17H24N2O2/c1-12(2)16-15(11-21-13(3)4)18(5)19(17(16)20)14-9-7-6-8-10-14/h6-10,12-13H,11H2,1-5H3. The zero-order valence-corrected chi connectivity index (χ0v) is 13.5. The molecule has 1 aromatic heterocycles. The number of hydrogen-bond donors (Lipinski definition) is 0. The Balaban J connectivity index is 2.58. The molecule has 0 unspecified atom stereocenters. The van der Waals surface area contributed by atoms with E-state index in [0.717, 1.165) is 16.9 Å². The summed E-state index contributed by atoms with van der Waals surface area (Å²) in [7, 11) is 1.92. The number of nitrogens with zero attached hydrogens (tertiary/aromatic N) is 2. The van der Waals surface area contributed by atoms with E-state index in [-0.39, 0.29) is 17.6 Å². The van der Waals surface area contributed by atoms with E-state index in [1.807, 2.05) is 69.8 Å². The lowest BCUT2D eigenvalue weighted by atomic mass is 10.0. The van der Waals surface area contributed by atoms with Gasteiger partial charge in [-0.3, -0.25) is 9.48 Å². The lowest BCUT2D eigenvalue weighted by Crippen LogP contribution is -2.21. The summed E-state index contributed by atoms with van der Waals surface area (Å²) in [6.07, 6.45) is 0.139. The van der Waals surface area contributed by atoms with Crippen molar-refractivity contribution in [3.8, 4) is 5.69 Å². The van der Waals surface area contributed by atoms with Gasteiger partial charge in [-0.2, -0.15) is 0 Å². The molecule has 0 amide bonds. The molecule has 2 aromatic rings. The molecule has 2 rings (SSSR count). The van der Waals surface area contributed by atoms with Gasteiger partial charge in [-0.1, -0.05) is 32.0 Å². The summed E-state index contributed by atoms with van der Waals surface area (Å²) in [5.74, 6) is 0.166. The van der Waals surface area contributed by atoms with E-state index in [1.54, 1.807) is 4.68 Å². The van der Waals surface area contributed by atoms with Gasteiger partial charge in [0.2, 0.25) is 0 Å². The van der Waals surface area contributed by atoms with Gasteiger partial charge in [0.25, 0.3) is 5.56 Å². The average molecular weight is 288 g/mol. The lowest BCUT2D eigenvalue weighted by Gasteiger charge is -2.13. The van der Waals surface area contributed by atoms with Gasteiger partial charge >= 0.3 is 0 Å². The van der Waals surface area contributed by atoms with Crippen molar-refractivity contribution < 1.29 is 4.74 Å². The van der Waals surface area contributed by atoms with Gasteiger partial charge in [-0.15, -0.1) is 0 Å². The first-order valence-corrected chi connectivity index (χ1v) is 7.41. The maximum atomic E-state index is 12.8. The Labute approximate surface area is 126 Å². The molecule has 0 aliphatic heterocycles. The molecular weight excluding hydrogens is 264 g/mol. The van der Waals surface area contributed by atoms with E-state index < -0.39 is 0 Å². The van der Waals surface area contributed by atoms with Crippen molar-refractivity contribution in [1.82, 2.24) is 9.36 Å². The van der Waals surface area contributed by atoms with E-state index in [1.165, 1.54) is 0 Å². The molecule has 4 nitrogen and oxygen atoms in total. The van der Waals surface area contributed by atoms with Crippen LogP contribution in [0, 0.1) is 0 Å².